The summed E-state index contributed by atoms with van der Waals surface area (Å²) in [5.74, 6) is 1.06. The van der Waals surface area contributed by atoms with Crippen LogP contribution in [0.5, 0.6) is 11.5 Å². The van der Waals surface area contributed by atoms with Crippen LogP contribution in [0.25, 0.3) is 0 Å². The van der Waals surface area contributed by atoms with Crippen molar-refractivity contribution in [2.45, 2.75) is 19.9 Å². The number of hydrogen-bond acceptors (Lipinski definition) is 2. The van der Waals surface area contributed by atoms with Gasteiger partial charge in [0.1, 0.15) is 17.3 Å². The van der Waals surface area contributed by atoms with Gasteiger partial charge in [0.25, 0.3) is 0 Å². The van der Waals surface area contributed by atoms with Crippen LogP contribution in [0.2, 0.25) is 0 Å². The normalized spacial score (nSPS) is 10.6. The molecule has 0 unspecified atom stereocenters. The van der Waals surface area contributed by atoms with E-state index in [1.165, 1.54) is 12.1 Å². The molecule has 0 bridgehead atoms. The summed E-state index contributed by atoms with van der Waals surface area (Å²) < 4.78 is 19.4. The Bertz CT molecular complexity index is 574. The second kappa shape index (κ2) is 7.41. The first kappa shape index (κ1) is 15.0. The number of benzene rings is 2. The van der Waals surface area contributed by atoms with E-state index in [1.807, 2.05) is 18.2 Å². The lowest BCUT2D eigenvalue weighted by molar-refractivity contribution is 0.476. The Morgan fingerprint density at radius 1 is 1.20 bits per heavy atom. The van der Waals surface area contributed by atoms with Gasteiger partial charge in [-0.05, 0) is 64.8 Å². The van der Waals surface area contributed by atoms with E-state index in [-0.39, 0.29) is 5.82 Å². The minimum atomic E-state index is -0.290. The Morgan fingerprint density at radius 2 is 2.05 bits per heavy atom. The molecule has 0 saturated carbocycles. The second-order valence-corrected chi connectivity index (χ2v) is 5.36. The lowest BCUT2D eigenvalue weighted by atomic mass is 10.2. The van der Waals surface area contributed by atoms with Crippen molar-refractivity contribution < 1.29 is 9.13 Å². The van der Waals surface area contributed by atoms with Crippen LogP contribution in [-0.2, 0) is 6.54 Å². The predicted octanol–water partition coefficient (Wildman–Crippen LogP) is 4.88. The summed E-state index contributed by atoms with van der Waals surface area (Å²) >= 11 is 3.30. The highest BCUT2D eigenvalue weighted by atomic mass is 79.9. The van der Waals surface area contributed by atoms with Crippen molar-refractivity contribution in [1.29, 1.82) is 0 Å². The molecule has 0 aliphatic rings. The van der Waals surface area contributed by atoms with Gasteiger partial charge in [-0.2, -0.15) is 0 Å². The highest BCUT2D eigenvalue weighted by Gasteiger charge is 2.04. The molecular weight excluding hydrogens is 321 g/mol. The second-order valence-electron chi connectivity index (χ2n) is 4.50. The molecule has 0 radical (unpaired) electrons. The summed E-state index contributed by atoms with van der Waals surface area (Å²) in [7, 11) is 0. The smallest absolute Gasteiger partial charge is 0.141 e. The fourth-order valence-corrected chi connectivity index (χ4v) is 2.25. The summed E-state index contributed by atoms with van der Waals surface area (Å²) in [6.45, 7) is 3.95. The molecule has 0 amide bonds. The van der Waals surface area contributed by atoms with Crippen LogP contribution in [-0.4, -0.2) is 6.54 Å². The summed E-state index contributed by atoms with van der Waals surface area (Å²) in [5, 5.41) is 3.35. The SMILES string of the molecule is CCCNCc1cccc(Oc2ccc(F)cc2Br)c1. The monoisotopic (exact) mass is 337 g/mol. The Balaban J connectivity index is 2.07. The topological polar surface area (TPSA) is 21.3 Å². The first-order chi connectivity index (χ1) is 9.69. The van der Waals surface area contributed by atoms with Gasteiger partial charge in [-0.3, -0.25) is 0 Å². The quantitative estimate of drug-likeness (QED) is 0.758. The van der Waals surface area contributed by atoms with Crippen LogP contribution in [0.15, 0.2) is 46.9 Å². The van der Waals surface area contributed by atoms with Gasteiger partial charge in [-0.1, -0.05) is 19.1 Å². The summed E-state index contributed by atoms with van der Waals surface area (Å²) in [6, 6.07) is 12.3. The van der Waals surface area contributed by atoms with Crippen LogP contribution in [0.1, 0.15) is 18.9 Å². The van der Waals surface area contributed by atoms with Crippen molar-refractivity contribution >= 4 is 15.9 Å². The number of nitrogens with one attached hydrogen (secondary N) is 1. The Labute approximate surface area is 127 Å². The summed E-state index contributed by atoms with van der Waals surface area (Å²) in [5.41, 5.74) is 1.16. The number of rotatable bonds is 6. The zero-order valence-corrected chi connectivity index (χ0v) is 12.9. The standard InChI is InChI=1S/C16H17BrFNO/c1-2-8-19-11-12-4-3-5-14(9-12)20-16-7-6-13(18)10-15(16)17/h3-7,9-10,19H,2,8,11H2,1H3. The average Bonchev–Trinajstić information content (AvgIpc) is 2.43. The zero-order chi connectivity index (χ0) is 14.4. The fraction of sp³-hybridized carbons (Fsp3) is 0.250. The van der Waals surface area contributed by atoms with E-state index in [2.05, 4.69) is 34.2 Å². The van der Waals surface area contributed by atoms with Crippen LogP contribution in [0.3, 0.4) is 0 Å². The Hall–Kier alpha value is -1.39. The van der Waals surface area contributed by atoms with Crippen molar-refractivity contribution in [3.63, 3.8) is 0 Å². The first-order valence-electron chi connectivity index (χ1n) is 6.61. The van der Waals surface area contributed by atoms with E-state index in [0.717, 1.165) is 30.8 Å². The first-order valence-corrected chi connectivity index (χ1v) is 7.41. The van der Waals surface area contributed by atoms with E-state index < -0.39 is 0 Å². The van der Waals surface area contributed by atoms with Gasteiger partial charge in [0.15, 0.2) is 0 Å². The van der Waals surface area contributed by atoms with E-state index in [1.54, 1.807) is 6.07 Å². The molecule has 2 aromatic rings. The lowest BCUT2D eigenvalue weighted by Gasteiger charge is -2.10. The van der Waals surface area contributed by atoms with E-state index >= 15 is 0 Å². The number of ether oxygens (including phenoxy) is 1. The van der Waals surface area contributed by atoms with Crippen LogP contribution < -0.4 is 10.1 Å². The molecule has 0 atom stereocenters. The van der Waals surface area contributed by atoms with Crippen molar-refractivity contribution in [1.82, 2.24) is 5.32 Å². The van der Waals surface area contributed by atoms with E-state index in [4.69, 9.17) is 4.74 Å². The van der Waals surface area contributed by atoms with Gasteiger partial charge in [-0.25, -0.2) is 4.39 Å². The third kappa shape index (κ3) is 4.32. The molecule has 0 spiro atoms. The molecule has 0 saturated heterocycles. The molecule has 0 aliphatic heterocycles. The molecule has 0 aromatic heterocycles. The van der Waals surface area contributed by atoms with E-state index in [9.17, 15) is 4.39 Å². The molecule has 2 rings (SSSR count). The van der Waals surface area contributed by atoms with Crippen molar-refractivity contribution in [3.05, 3.63) is 58.3 Å². The fourth-order valence-electron chi connectivity index (χ4n) is 1.81. The predicted molar refractivity (Wildman–Crippen MR) is 82.6 cm³/mol. The molecule has 106 valence electrons. The zero-order valence-electron chi connectivity index (χ0n) is 11.3. The van der Waals surface area contributed by atoms with Gasteiger partial charge < -0.3 is 10.1 Å². The summed E-state index contributed by atoms with van der Waals surface area (Å²) in [6.07, 6.45) is 1.11. The van der Waals surface area contributed by atoms with Crippen LogP contribution >= 0.6 is 15.9 Å². The number of halogens is 2. The molecule has 0 aliphatic carbocycles. The third-order valence-electron chi connectivity index (χ3n) is 2.78. The molecule has 1 N–H and O–H groups in total. The highest BCUT2D eigenvalue weighted by Crippen LogP contribution is 2.30. The molecule has 0 heterocycles. The van der Waals surface area contributed by atoms with E-state index in [0.29, 0.717) is 10.2 Å². The maximum atomic E-state index is 13.0. The van der Waals surface area contributed by atoms with Crippen molar-refractivity contribution in [3.8, 4) is 11.5 Å². The summed E-state index contributed by atoms with van der Waals surface area (Å²) in [4.78, 5) is 0. The van der Waals surface area contributed by atoms with Gasteiger partial charge in [-0.15, -0.1) is 0 Å². The minimum Gasteiger partial charge on any atom is -0.456 e. The molecular formula is C16H17BrFNO. The maximum absolute atomic E-state index is 13.0. The number of hydrogen-bond donors (Lipinski definition) is 1. The molecule has 0 fully saturated rings. The highest BCUT2D eigenvalue weighted by molar-refractivity contribution is 9.10. The van der Waals surface area contributed by atoms with Crippen LogP contribution in [0.4, 0.5) is 4.39 Å². The van der Waals surface area contributed by atoms with Crippen molar-refractivity contribution in [2.24, 2.45) is 0 Å². The largest absolute Gasteiger partial charge is 0.456 e. The third-order valence-corrected chi connectivity index (χ3v) is 3.40. The Kier molecular flexibility index (Phi) is 5.56. The average molecular weight is 338 g/mol. The van der Waals surface area contributed by atoms with Gasteiger partial charge in [0, 0.05) is 6.54 Å². The van der Waals surface area contributed by atoms with Crippen LogP contribution in [0, 0.1) is 5.82 Å². The van der Waals surface area contributed by atoms with Gasteiger partial charge in [0.2, 0.25) is 0 Å². The minimum absolute atomic E-state index is 0.290. The molecule has 2 aromatic carbocycles. The molecule has 2 nitrogen and oxygen atoms in total. The lowest BCUT2D eigenvalue weighted by Crippen LogP contribution is -2.13. The van der Waals surface area contributed by atoms with Crippen molar-refractivity contribution in [2.75, 3.05) is 6.54 Å². The molecule has 4 heteroatoms. The molecule has 20 heavy (non-hydrogen) atoms. The maximum Gasteiger partial charge on any atom is 0.141 e. The Morgan fingerprint density at radius 3 is 2.80 bits per heavy atom. The van der Waals surface area contributed by atoms with Gasteiger partial charge >= 0.3 is 0 Å². The van der Waals surface area contributed by atoms with Gasteiger partial charge in [0.05, 0.1) is 4.47 Å².